The van der Waals surface area contributed by atoms with Crippen molar-refractivity contribution < 1.29 is 14.6 Å². The van der Waals surface area contributed by atoms with E-state index in [1.54, 1.807) is 29.8 Å². The van der Waals surface area contributed by atoms with Crippen molar-refractivity contribution in [1.29, 1.82) is 0 Å². The molecule has 0 amide bonds. The lowest BCUT2D eigenvalue weighted by Gasteiger charge is -2.16. The third-order valence-electron chi connectivity index (χ3n) is 4.50. The Morgan fingerprint density at radius 1 is 0.889 bits per heavy atom. The van der Waals surface area contributed by atoms with Crippen molar-refractivity contribution >= 4 is 29.0 Å². The van der Waals surface area contributed by atoms with E-state index in [4.69, 9.17) is 4.74 Å². The van der Waals surface area contributed by atoms with E-state index in [0.717, 1.165) is 39.9 Å². The van der Waals surface area contributed by atoms with Gasteiger partial charge >= 0.3 is 0 Å². The van der Waals surface area contributed by atoms with Crippen molar-refractivity contribution in [2.24, 2.45) is 0 Å². The van der Waals surface area contributed by atoms with Crippen LogP contribution in [0.1, 0.15) is 10.4 Å². The zero-order valence-electron chi connectivity index (χ0n) is 14.5. The molecule has 1 N–H and O–H groups in total. The Morgan fingerprint density at radius 3 is 2.11 bits per heavy atom. The molecule has 2 heterocycles. The Hall–Kier alpha value is -2.89. The molecular formula is C22H16O3S2. The Bertz CT molecular complexity index is 1060. The van der Waals surface area contributed by atoms with Crippen LogP contribution < -0.4 is 4.74 Å². The lowest BCUT2D eigenvalue weighted by molar-refractivity contribution is 0.112. The normalized spacial score (nSPS) is 10.7. The minimum Gasteiger partial charge on any atom is -0.507 e. The molecule has 4 rings (SSSR count). The Labute approximate surface area is 165 Å². The predicted octanol–water partition coefficient (Wildman–Crippen LogP) is 6.34. The highest BCUT2D eigenvalue weighted by molar-refractivity contribution is 7.08. The van der Waals surface area contributed by atoms with Crippen LogP contribution in [0.15, 0.2) is 64.0 Å². The van der Waals surface area contributed by atoms with Gasteiger partial charge in [0.15, 0.2) is 6.29 Å². The number of methoxy groups -OCH3 is 1. The van der Waals surface area contributed by atoms with Crippen LogP contribution in [0.5, 0.6) is 11.5 Å². The Morgan fingerprint density at radius 2 is 1.56 bits per heavy atom. The maximum Gasteiger partial charge on any atom is 0.154 e. The van der Waals surface area contributed by atoms with Crippen LogP contribution in [-0.2, 0) is 0 Å². The first-order valence-electron chi connectivity index (χ1n) is 8.27. The fourth-order valence-corrected chi connectivity index (χ4v) is 4.46. The maximum absolute atomic E-state index is 12.0. The average molecular weight is 393 g/mol. The van der Waals surface area contributed by atoms with E-state index < -0.39 is 0 Å². The van der Waals surface area contributed by atoms with Crippen molar-refractivity contribution in [2.75, 3.05) is 7.11 Å². The summed E-state index contributed by atoms with van der Waals surface area (Å²) in [7, 11) is 1.61. The second-order valence-electron chi connectivity index (χ2n) is 5.98. The quantitative estimate of drug-likeness (QED) is 0.403. The van der Waals surface area contributed by atoms with E-state index in [1.165, 1.54) is 0 Å². The summed E-state index contributed by atoms with van der Waals surface area (Å²) in [6.45, 7) is 0. The molecular weight excluding hydrogens is 376 g/mol. The largest absolute Gasteiger partial charge is 0.507 e. The average Bonchev–Trinajstić information content (AvgIpc) is 3.41. The summed E-state index contributed by atoms with van der Waals surface area (Å²) in [5.41, 5.74) is 5.41. The third kappa shape index (κ3) is 3.16. The molecule has 0 bridgehead atoms. The summed E-state index contributed by atoms with van der Waals surface area (Å²) in [4.78, 5) is 12.0. The second-order valence-corrected chi connectivity index (χ2v) is 7.54. The number of carbonyl (C=O) groups excluding carboxylic acids is 1. The third-order valence-corrected chi connectivity index (χ3v) is 5.86. The number of aldehydes is 1. The summed E-state index contributed by atoms with van der Waals surface area (Å²) in [5, 5.41) is 18.9. The number of hydrogen-bond acceptors (Lipinski definition) is 5. The molecule has 4 aromatic rings. The van der Waals surface area contributed by atoms with Gasteiger partial charge in [-0.2, -0.15) is 22.7 Å². The van der Waals surface area contributed by atoms with Gasteiger partial charge in [-0.15, -0.1) is 0 Å². The van der Waals surface area contributed by atoms with Gasteiger partial charge < -0.3 is 9.84 Å². The topological polar surface area (TPSA) is 46.5 Å². The molecule has 2 aromatic carbocycles. The molecule has 0 radical (unpaired) electrons. The number of rotatable bonds is 5. The predicted molar refractivity (Wildman–Crippen MR) is 112 cm³/mol. The van der Waals surface area contributed by atoms with E-state index in [1.807, 2.05) is 58.6 Å². The van der Waals surface area contributed by atoms with Gasteiger partial charge in [-0.25, -0.2) is 0 Å². The first kappa shape index (κ1) is 17.5. The molecule has 0 spiro atoms. The van der Waals surface area contributed by atoms with Gasteiger partial charge in [0.25, 0.3) is 0 Å². The highest BCUT2D eigenvalue weighted by atomic mass is 32.1. The number of thiophene rings is 2. The van der Waals surface area contributed by atoms with Crippen LogP contribution in [0.25, 0.3) is 33.4 Å². The molecule has 0 atom stereocenters. The van der Waals surface area contributed by atoms with Crippen LogP contribution in [0.2, 0.25) is 0 Å². The molecule has 3 nitrogen and oxygen atoms in total. The van der Waals surface area contributed by atoms with Crippen molar-refractivity contribution in [3.05, 3.63) is 69.5 Å². The van der Waals surface area contributed by atoms with Crippen molar-refractivity contribution in [2.45, 2.75) is 0 Å². The first-order valence-corrected chi connectivity index (χ1v) is 10.2. The number of benzene rings is 2. The number of phenols is 1. The lowest BCUT2D eigenvalue weighted by Crippen LogP contribution is -1.95. The molecule has 5 heteroatoms. The van der Waals surface area contributed by atoms with Gasteiger partial charge in [0.05, 0.1) is 12.7 Å². The summed E-state index contributed by atoms with van der Waals surface area (Å²) < 4.78 is 5.21. The second kappa shape index (κ2) is 7.39. The molecule has 27 heavy (non-hydrogen) atoms. The van der Waals surface area contributed by atoms with Crippen LogP contribution in [0.3, 0.4) is 0 Å². The van der Waals surface area contributed by atoms with E-state index in [-0.39, 0.29) is 5.75 Å². The highest BCUT2D eigenvalue weighted by Crippen LogP contribution is 2.45. The minimum absolute atomic E-state index is 0.00431. The monoisotopic (exact) mass is 392 g/mol. The first-order chi connectivity index (χ1) is 13.2. The molecule has 0 saturated heterocycles. The standard InChI is InChI=1S/C22H16O3S2/c1-25-17-4-2-14(3-5-17)19-10-18(15-6-8-26-12-15)21(16-7-9-27-13-16)20(11-23)22(19)24/h2-13,24H,1H3. The number of carbonyl (C=O) groups is 1. The number of ether oxygens (including phenoxy) is 1. The molecule has 0 aliphatic carbocycles. The zero-order valence-corrected chi connectivity index (χ0v) is 16.1. The highest BCUT2D eigenvalue weighted by Gasteiger charge is 2.21. The van der Waals surface area contributed by atoms with Crippen LogP contribution in [-0.4, -0.2) is 18.5 Å². The van der Waals surface area contributed by atoms with E-state index in [2.05, 4.69) is 5.38 Å². The van der Waals surface area contributed by atoms with Gasteiger partial charge in [0.1, 0.15) is 11.5 Å². The van der Waals surface area contributed by atoms with E-state index in [9.17, 15) is 9.90 Å². The Balaban J connectivity index is 2.01. The molecule has 0 unspecified atom stereocenters. The fourth-order valence-electron chi connectivity index (χ4n) is 3.16. The van der Waals surface area contributed by atoms with Gasteiger partial charge in [0.2, 0.25) is 0 Å². The molecule has 0 fully saturated rings. The van der Waals surface area contributed by atoms with Crippen molar-refractivity contribution in [3.8, 4) is 44.9 Å². The molecule has 0 aliphatic heterocycles. The fraction of sp³-hybridized carbons (Fsp3) is 0.0455. The number of aromatic hydroxyl groups is 1. The van der Waals surface area contributed by atoms with E-state index in [0.29, 0.717) is 11.1 Å². The molecule has 2 aromatic heterocycles. The van der Waals surface area contributed by atoms with Crippen LogP contribution in [0, 0.1) is 0 Å². The van der Waals surface area contributed by atoms with Gasteiger partial charge in [0, 0.05) is 11.1 Å². The SMILES string of the molecule is COc1ccc(-c2cc(-c3ccsc3)c(-c3ccsc3)c(C=O)c2O)cc1. The maximum atomic E-state index is 12.0. The molecule has 0 aliphatic rings. The number of phenolic OH excluding ortho intramolecular Hbond substituents is 1. The van der Waals surface area contributed by atoms with E-state index >= 15 is 0 Å². The Kier molecular flexibility index (Phi) is 4.79. The summed E-state index contributed by atoms with van der Waals surface area (Å²) >= 11 is 3.16. The zero-order chi connectivity index (χ0) is 18.8. The minimum atomic E-state index is -0.00431. The van der Waals surface area contributed by atoms with Crippen molar-refractivity contribution in [1.82, 2.24) is 0 Å². The van der Waals surface area contributed by atoms with Gasteiger partial charge in [-0.3, -0.25) is 4.79 Å². The summed E-state index contributed by atoms with van der Waals surface area (Å²) in [5.74, 6) is 0.733. The molecule has 134 valence electrons. The van der Waals surface area contributed by atoms with Gasteiger partial charge in [-0.1, -0.05) is 12.1 Å². The lowest BCUT2D eigenvalue weighted by atomic mass is 9.88. The summed E-state index contributed by atoms with van der Waals surface area (Å²) in [6.07, 6.45) is 0.741. The van der Waals surface area contributed by atoms with Crippen LogP contribution in [0.4, 0.5) is 0 Å². The number of hydrogen-bond donors (Lipinski definition) is 1. The summed E-state index contributed by atoms with van der Waals surface area (Å²) in [6, 6.07) is 13.4. The van der Waals surface area contributed by atoms with Crippen molar-refractivity contribution in [3.63, 3.8) is 0 Å². The smallest absolute Gasteiger partial charge is 0.154 e. The molecule has 0 saturated carbocycles. The van der Waals surface area contributed by atoms with Crippen LogP contribution >= 0.6 is 22.7 Å². The van der Waals surface area contributed by atoms with Gasteiger partial charge in [-0.05, 0) is 74.1 Å².